The van der Waals surface area contributed by atoms with Gasteiger partial charge in [-0.3, -0.25) is 9.59 Å². The molecule has 42 heavy (non-hydrogen) atoms. The van der Waals surface area contributed by atoms with E-state index in [2.05, 4.69) is 10.3 Å². The van der Waals surface area contributed by atoms with Gasteiger partial charge in [-0.1, -0.05) is 0 Å². The van der Waals surface area contributed by atoms with Gasteiger partial charge in [0.15, 0.2) is 11.5 Å². The molecule has 7 nitrogen and oxygen atoms in total. The van der Waals surface area contributed by atoms with Crippen LogP contribution in [0.5, 0.6) is 5.75 Å². The average molecular weight is 630 g/mol. The normalized spacial score (nSPS) is 11.5. The zero-order valence-corrected chi connectivity index (χ0v) is 22.4. The first-order chi connectivity index (χ1) is 19.9. The molecule has 0 spiro atoms. The minimum absolute atomic E-state index is 0.00861. The lowest BCUT2D eigenvalue weighted by Crippen LogP contribution is -2.16. The number of anilines is 1. The molecule has 4 heterocycles. The van der Waals surface area contributed by atoms with Crippen LogP contribution >= 0.6 is 22.7 Å². The standard InChI is InChI=1S/C26H14F7N3O4S2/c1-8-2-5-13(41-8)10-6-11(23(32)33)35-26-14(10)20(22(42-26)24(34)37)36-25(38)12-4-3-9(40-12)7-39-21-18(30)16(28)15(27)17(29)19(21)31/h2-6,23H,7H2,1H3,(H2,34,37)(H,36,38). The number of hydrogen-bond acceptors (Lipinski definition) is 7. The van der Waals surface area contributed by atoms with Crippen molar-refractivity contribution in [2.45, 2.75) is 20.0 Å². The number of pyridine rings is 1. The van der Waals surface area contributed by atoms with E-state index >= 15 is 0 Å². The highest BCUT2D eigenvalue weighted by molar-refractivity contribution is 7.21. The summed E-state index contributed by atoms with van der Waals surface area (Å²) in [5, 5.41) is 2.65. The van der Waals surface area contributed by atoms with Gasteiger partial charge in [0.05, 0.1) is 5.69 Å². The number of thiophene rings is 2. The number of aromatic nitrogens is 1. The van der Waals surface area contributed by atoms with Crippen LogP contribution < -0.4 is 15.8 Å². The van der Waals surface area contributed by atoms with Gasteiger partial charge in [-0.25, -0.2) is 26.9 Å². The van der Waals surface area contributed by atoms with Gasteiger partial charge in [0, 0.05) is 20.7 Å². The van der Waals surface area contributed by atoms with Crippen LogP contribution in [-0.4, -0.2) is 16.8 Å². The molecule has 0 aliphatic carbocycles. The van der Waals surface area contributed by atoms with Crippen molar-refractivity contribution in [3.05, 3.63) is 86.4 Å². The van der Waals surface area contributed by atoms with Crippen LogP contribution in [0.1, 0.15) is 43.0 Å². The van der Waals surface area contributed by atoms with Crippen molar-refractivity contribution >= 4 is 50.4 Å². The van der Waals surface area contributed by atoms with E-state index in [1.54, 1.807) is 19.1 Å². The van der Waals surface area contributed by atoms with E-state index in [1.807, 2.05) is 0 Å². The number of halogens is 7. The Morgan fingerprint density at radius 3 is 2.26 bits per heavy atom. The second kappa shape index (κ2) is 11.1. The van der Waals surface area contributed by atoms with Crippen molar-refractivity contribution in [1.82, 2.24) is 4.98 Å². The number of amides is 2. The number of alkyl halides is 2. The Kier molecular flexibility index (Phi) is 7.68. The van der Waals surface area contributed by atoms with Gasteiger partial charge in [0.25, 0.3) is 18.2 Å². The Morgan fingerprint density at radius 2 is 1.67 bits per heavy atom. The fourth-order valence-corrected chi connectivity index (χ4v) is 5.81. The fourth-order valence-electron chi connectivity index (χ4n) is 3.90. The molecule has 0 bridgehead atoms. The fraction of sp³-hybridized carbons (Fsp3) is 0.115. The summed E-state index contributed by atoms with van der Waals surface area (Å²) >= 11 is 1.97. The Balaban J connectivity index is 1.47. The molecule has 3 N–H and O–H groups in total. The first-order valence-corrected chi connectivity index (χ1v) is 13.2. The van der Waals surface area contributed by atoms with E-state index in [-0.39, 0.29) is 32.1 Å². The number of aryl methyl sites for hydroxylation is 1. The molecule has 0 atom stereocenters. The first-order valence-electron chi connectivity index (χ1n) is 11.5. The minimum atomic E-state index is -2.93. The number of nitrogens with one attached hydrogen (secondary N) is 1. The molecule has 5 aromatic rings. The Hall–Kier alpha value is -4.44. The van der Waals surface area contributed by atoms with Crippen molar-refractivity contribution < 1.29 is 49.5 Å². The third kappa shape index (κ3) is 5.18. The molecule has 5 rings (SSSR count). The van der Waals surface area contributed by atoms with Gasteiger partial charge >= 0.3 is 0 Å². The molecule has 0 saturated carbocycles. The molecule has 0 aliphatic heterocycles. The molecule has 0 radical (unpaired) electrons. The summed E-state index contributed by atoms with van der Waals surface area (Å²) in [6, 6.07) is 6.83. The maximum atomic E-state index is 13.9. The summed E-state index contributed by atoms with van der Waals surface area (Å²) < 4.78 is 105. The lowest BCUT2D eigenvalue weighted by Gasteiger charge is -2.10. The number of rotatable bonds is 8. The van der Waals surface area contributed by atoms with Crippen LogP contribution in [0.15, 0.2) is 34.7 Å². The smallest absolute Gasteiger partial charge is 0.291 e. The predicted molar refractivity (Wildman–Crippen MR) is 138 cm³/mol. The number of nitrogens with zero attached hydrogens (tertiary/aromatic N) is 1. The minimum Gasteiger partial charge on any atom is -0.479 e. The van der Waals surface area contributed by atoms with Crippen molar-refractivity contribution in [3.8, 4) is 16.2 Å². The Morgan fingerprint density at radius 1 is 1.00 bits per heavy atom. The van der Waals surface area contributed by atoms with E-state index in [1.165, 1.54) is 11.3 Å². The predicted octanol–water partition coefficient (Wildman–Crippen LogP) is 7.49. The van der Waals surface area contributed by atoms with Crippen molar-refractivity contribution in [2.24, 2.45) is 5.73 Å². The molecule has 0 aliphatic rings. The molecule has 16 heteroatoms. The summed E-state index contributed by atoms with van der Waals surface area (Å²) in [4.78, 5) is 30.5. The summed E-state index contributed by atoms with van der Waals surface area (Å²) in [5.41, 5.74) is 5.11. The second-order valence-corrected chi connectivity index (χ2v) is 10.9. The Bertz CT molecular complexity index is 1850. The lowest BCUT2D eigenvalue weighted by molar-refractivity contribution is 0.0992. The molecule has 218 valence electrons. The number of nitrogens with two attached hydrogens (primary N) is 1. The van der Waals surface area contributed by atoms with E-state index in [9.17, 15) is 40.3 Å². The average Bonchev–Trinajstić information content (AvgIpc) is 3.69. The van der Waals surface area contributed by atoms with Gasteiger partial charge < -0.3 is 20.2 Å². The molecule has 0 saturated heterocycles. The third-order valence-corrected chi connectivity index (χ3v) is 7.92. The van der Waals surface area contributed by atoms with Crippen LogP contribution in [0.25, 0.3) is 20.7 Å². The van der Waals surface area contributed by atoms with Crippen molar-refractivity contribution in [2.75, 3.05) is 5.32 Å². The topological polar surface area (TPSA) is 107 Å². The maximum absolute atomic E-state index is 13.9. The quantitative estimate of drug-likeness (QED) is 0.105. The number of fused-ring (bicyclic) bond motifs is 1. The molecule has 1 aromatic carbocycles. The summed E-state index contributed by atoms with van der Waals surface area (Å²) in [5.74, 6) is -15.3. The third-order valence-electron chi connectivity index (χ3n) is 5.79. The van der Waals surface area contributed by atoms with E-state index in [0.717, 1.165) is 23.1 Å². The Labute approximate surface area is 238 Å². The van der Waals surface area contributed by atoms with Crippen LogP contribution in [-0.2, 0) is 6.61 Å². The highest BCUT2D eigenvalue weighted by Gasteiger charge is 2.28. The number of carbonyl (C=O) groups excluding carboxylic acids is 2. The SMILES string of the molecule is Cc1ccc(-c2cc(C(F)F)nc3sc(C(N)=O)c(NC(=O)c4ccc(COc5c(F)c(F)c(F)c(F)c5F)o4)c23)s1. The maximum Gasteiger partial charge on any atom is 0.291 e. The molecule has 4 aromatic heterocycles. The number of carbonyl (C=O) groups is 2. The van der Waals surface area contributed by atoms with Crippen LogP contribution in [0, 0.1) is 36.0 Å². The lowest BCUT2D eigenvalue weighted by atomic mass is 10.1. The summed E-state index contributed by atoms with van der Waals surface area (Å²) in [6.07, 6.45) is -2.93. The van der Waals surface area contributed by atoms with Crippen molar-refractivity contribution in [3.63, 3.8) is 0 Å². The van der Waals surface area contributed by atoms with E-state index in [0.29, 0.717) is 16.2 Å². The van der Waals surface area contributed by atoms with Crippen LogP contribution in [0.4, 0.5) is 36.4 Å². The van der Waals surface area contributed by atoms with Gasteiger partial charge in [0.2, 0.25) is 29.1 Å². The molecule has 2 amide bonds. The summed E-state index contributed by atoms with van der Waals surface area (Å²) in [6.45, 7) is 0.970. The van der Waals surface area contributed by atoms with E-state index < -0.39 is 71.1 Å². The largest absolute Gasteiger partial charge is 0.479 e. The number of furan rings is 1. The van der Waals surface area contributed by atoms with E-state index in [4.69, 9.17) is 14.9 Å². The highest BCUT2D eigenvalue weighted by atomic mass is 32.1. The number of primary amides is 1. The van der Waals surface area contributed by atoms with Gasteiger partial charge in [-0.15, -0.1) is 22.7 Å². The van der Waals surface area contributed by atoms with Gasteiger partial charge in [-0.05, 0) is 37.3 Å². The number of benzene rings is 1. The number of hydrogen-bond donors (Lipinski definition) is 2. The van der Waals surface area contributed by atoms with Gasteiger partial charge in [-0.2, -0.15) is 8.78 Å². The van der Waals surface area contributed by atoms with Crippen molar-refractivity contribution in [1.29, 1.82) is 0 Å². The first kappa shape index (κ1) is 29.1. The molecular formula is C26H14F7N3O4S2. The monoisotopic (exact) mass is 629 g/mol. The van der Waals surface area contributed by atoms with Crippen LogP contribution in [0.3, 0.4) is 0 Å². The van der Waals surface area contributed by atoms with Crippen LogP contribution in [0.2, 0.25) is 0 Å². The molecule has 0 fully saturated rings. The zero-order valence-electron chi connectivity index (χ0n) is 20.8. The highest BCUT2D eigenvalue weighted by Crippen LogP contribution is 2.44. The summed E-state index contributed by atoms with van der Waals surface area (Å²) in [7, 11) is 0. The second-order valence-electron chi connectivity index (χ2n) is 8.56. The zero-order chi connectivity index (χ0) is 30.5. The van der Waals surface area contributed by atoms with Gasteiger partial charge in [0.1, 0.15) is 27.8 Å². The molecule has 0 unspecified atom stereocenters. The molecular weight excluding hydrogens is 615 g/mol. The number of ether oxygens (including phenoxy) is 1.